The third kappa shape index (κ3) is 1.89. The third-order valence-corrected chi connectivity index (χ3v) is 2.91. The largest absolute Gasteiger partial charge is 0.268 e. The van der Waals surface area contributed by atoms with Crippen LogP contribution in [0.1, 0.15) is 17.3 Å². The maximum atomic E-state index is 12.0. The number of hydrogen-bond donors (Lipinski definition) is 0. The molecule has 0 aliphatic heterocycles. The maximum absolute atomic E-state index is 12.0. The van der Waals surface area contributed by atoms with Gasteiger partial charge in [0.15, 0.2) is 0 Å². The summed E-state index contributed by atoms with van der Waals surface area (Å²) in [5.74, 6) is -0.152. The summed E-state index contributed by atoms with van der Waals surface area (Å²) in [6, 6.07) is 13.4. The first kappa shape index (κ1) is 11.0. The van der Waals surface area contributed by atoms with Crippen molar-refractivity contribution in [1.29, 1.82) is 0 Å². The Morgan fingerprint density at radius 1 is 1.19 bits per heavy atom. The van der Waals surface area contributed by atoms with E-state index in [9.17, 15) is 4.79 Å². The Bertz CT molecular complexity index is 519. The summed E-state index contributed by atoms with van der Waals surface area (Å²) in [5.41, 5.74) is 0.648. The van der Waals surface area contributed by atoms with Crippen molar-refractivity contribution in [1.82, 2.24) is 4.42 Å². The van der Waals surface area contributed by atoms with E-state index < -0.39 is 0 Å². The van der Waals surface area contributed by atoms with E-state index in [1.807, 2.05) is 43.3 Å². The zero-order chi connectivity index (χ0) is 11.5. The number of carbonyl (C=O) groups excluding carboxylic acids is 1. The van der Waals surface area contributed by atoms with Gasteiger partial charge in [-0.25, -0.2) is 0 Å². The standard InChI is InChI=1S/C13H12ClNO/c1-2-15(14)13(16)12-9-5-7-10-6-3-4-8-11(10)12/h3-9H,2H2,1H3. The Hall–Kier alpha value is -1.54. The zero-order valence-corrected chi connectivity index (χ0v) is 9.74. The van der Waals surface area contributed by atoms with Crippen molar-refractivity contribution < 1.29 is 4.79 Å². The van der Waals surface area contributed by atoms with Gasteiger partial charge in [-0.1, -0.05) is 36.4 Å². The van der Waals surface area contributed by atoms with E-state index in [1.54, 1.807) is 6.07 Å². The van der Waals surface area contributed by atoms with Crippen molar-refractivity contribution in [3.63, 3.8) is 0 Å². The number of hydrogen-bond acceptors (Lipinski definition) is 1. The minimum atomic E-state index is -0.152. The van der Waals surface area contributed by atoms with Crippen LogP contribution in [0.15, 0.2) is 42.5 Å². The van der Waals surface area contributed by atoms with Crippen LogP contribution in [0.2, 0.25) is 0 Å². The highest BCUT2D eigenvalue weighted by Crippen LogP contribution is 2.20. The Morgan fingerprint density at radius 3 is 2.62 bits per heavy atom. The quantitative estimate of drug-likeness (QED) is 0.728. The summed E-state index contributed by atoms with van der Waals surface area (Å²) >= 11 is 5.83. The summed E-state index contributed by atoms with van der Waals surface area (Å²) in [6.45, 7) is 2.33. The molecule has 0 aliphatic carbocycles. The van der Waals surface area contributed by atoms with Crippen molar-refractivity contribution >= 4 is 28.5 Å². The summed E-state index contributed by atoms with van der Waals surface area (Å²) in [5, 5.41) is 1.99. The molecule has 0 aromatic heterocycles. The van der Waals surface area contributed by atoms with Crippen LogP contribution in [0.3, 0.4) is 0 Å². The third-order valence-electron chi connectivity index (χ3n) is 2.52. The molecule has 0 heterocycles. The van der Waals surface area contributed by atoms with Gasteiger partial charge in [-0.3, -0.25) is 9.21 Å². The molecule has 3 heteroatoms. The summed E-state index contributed by atoms with van der Waals surface area (Å²) in [4.78, 5) is 12.0. The van der Waals surface area contributed by atoms with Crippen LogP contribution in [0.25, 0.3) is 10.8 Å². The van der Waals surface area contributed by atoms with E-state index in [-0.39, 0.29) is 5.91 Å². The van der Waals surface area contributed by atoms with Gasteiger partial charge >= 0.3 is 0 Å². The molecule has 0 aliphatic rings. The SMILES string of the molecule is CCN(Cl)C(=O)c1cccc2ccccc12. The molecule has 0 bridgehead atoms. The number of carbonyl (C=O) groups is 1. The van der Waals surface area contributed by atoms with Gasteiger partial charge in [0, 0.05) is 23.9 Å². The molecule has 2 nitrogen and oxygen atoms in total. The lowest BCUT2D eigenvalue weighted by Crippen LogP contribution is -2.21. The van der Waals surface area contributed by atoms with Crippen LogP contribution in [0, 0.1) is 0 Å². The van der Waals surface area contributed by atoms with Crippen LogP contribution in [-0.4, -0.2) is 16.9 Å². The molecule has 1 amide bonds. The van der Waals surface area contributed by atoms with Gasteiger partial charge in [0.2, 0.25) is 0 Å². The summed E-state index contributed by atoms with van der Waals surface area (Å²) < 4.78 is 1.20. The second-order valence-electron chi connectivity index (χ2n) is 3.51. The molecule has 0 spiro atoms. The molecule has 0 unspecified atom stereocenters. The fraction of sp³-hybridized carbons (Fsp3) is 0.154. The summed E-state index contributed by atoms with van der Waals surface area (Å²) in [6.07, 6.45) is 0. The van der Waals surface area contributed by atoms with Crippen molar-refractivity contribution in [2.24, 2.45) is 0 Å². The molecule has 2 rings (SSSR count). The van der Waals surface area contributed by atoms with Crippen molar-refractivity contribution in [2.45, 2.75) is 6.92 Å². The lowest BCUT2D eigenvalue weighted by atomic mass is 10.0. The van der Waals surface area contributed by atoms with Crippen molar-refractivity contribution in [3.05, 3.63) is 48.0 Å². The maximum Gasteiger partial charge on any atom is 0.268 e. The van der Waals surface area contributed by atoms with Crippen LogP contribution < -0.4 is 0 Å². The number of nitrogens with zero attached hydrogens (tertiary/aromatic N) is 1. The Balaban J connectivity index is 2.56. The van der Waals surface area contributed by atoms with E-state index in [2.05, 4.69) is 0 Å². The lowest BCUT2D eigenvalue weighted by Gasteiger charge is -2.12. The Morgan fingerprint density at radius 2 is 1.88 bits per heavy atom. The average molecular weight is 234 g/mol. The highest BCUT2D eigenvalue weighted by molar-refractivity contribution is 6.25. The predicted molar refractivity (Wildman–Crippen MR) is 66.5 cm³/mol. The number of rotatable bonds is 2. The molecule has 0 fully saturated rings. The zero-order valence-electron chi connectivity index (χ0n) is 8.98. The first-order chi connectivity index (χ1) is 7.74. The molecule has 0 saturated heterocycles. The fourth-order valence-corrected chi connectivity index (χ4v) is 1.78. The Kier molecular flexibility index (Phi) is 3.11. The lowest BCUT2D eigenvalue weighted by molar-refractivity contribution is 0.0870. The molecule has 0 saturated carbocycles. The van der Waals surface area contributed by atoms with Gasteiger partial charge in [0.1, 0.15) is 0 Å². The minimum Gasteiger partial charge on any atom is -0.268 e. The predicted octanol–water partition coefficient (Wildman–Crippen LogP) is 3.46. The van der Waals surface area contributed by atoms with E-state index >= 15 is 0 Å². The molecule has 0 radical (unpaired) electrons. The molecule has 0 atom stereocenters. The van der Waals surface area contributed by atoms with Gasteiger partial charge < -0.3 is 0 Å². The van der Waals surface area contributed by atoms with Gasteiger partial charge in [-0.05, 0) is 23.8 Å². The number of amides is 1. The van der Waals surface area contributed by atoms with Crippen molar-refractivity contribution in [2.75, 3.05) is 6.54 Å². The Labute approximate surface area is 99.5 Å². The van der Waals surface area contributed by atoms with Gasteiger partial charge in [-0.15, -0.1) is 0 Å². The molecular formula is C13H12ClNO. The van der Waals surface area contributed by atoms with Crippen LogP contribution >= 0.6 is 11.8 Å². The number of fused-ring (bicyclic) bond motifs is 1. The molecule has 0 N–H and O–H groups in total. The van der Waals surface area contributed by atoms with Crippen LogP contribution in [-0.2, 0) is 0 Å². The van der Waals surface area contributed by atoms with Crippen LogP contribution in [0.4, 0.5) is 0 Å². The van der Waals surface area contributed by atoms with Gasteiger partial charge in [0.05, 0.1) is 0 Å². The molecular weight excluding hydrogens is 222 g/mol. The molecule has 82 valence electrons. The molecule has 2 aromatic carbocycles. The number of benzene rings is 2. The fourth-order valence-electron chi connectivity index (χ4n) is 1.69. The van der Waals surface area contributed by atoms with Crippen molar-refractivity contribution in [3.8, 4) is 0 Å². The van der Waals surface area contributed by atoms with Gasteiger partial charge in [0.25, 0.3) is 5.91 Å². The molecule has 2 aromatic rings. The van der Waals surface area contributed by atoms with E-state index in [0.29, 0.717) is 12.1 Å². The first-order valence-corrected chi connectivity index (χ1v) is 5.53. The smallest absolute Gasteiger partial charge is 0.268 e. The van der Waals surface area contributed by atoms with Crippen LogP contribution in [0.5, 0.6) is 0 Å². The minimum absolute atomic E-state index is 0.152. The highest BCUT2D eigenvalue weighted by Gasteiger charge is 2.14. The second-order valence-corrected chi connectivity index (χ2v) is 3.92. The molecule has 16 heavy (non-hydrogen) atoms. The monoisotopic (exact) mass is 233 g/mol. The van der Waals surface area contributed by atoms with Gasteiger partial charge in [-0.2, -0.15) is 0 Å². The summed E-state index contributed by atoms with van der Waals surface area (Å²) in [7, 11) is 0. The van der Waals surface area contributed by atoms with E-state index in [1.165, 1.54) is 4.42 Å². The average Bonchev–Trinajstić information content (AvgIpc) is 2.36. The van der Waals surface area contributed by atoms with E-state index in [0.717, 1.165) is 10.8 Å². The normalized spacial score (nSPS) is 10.4. The second kappa shape index (κ2) is 4.54. The number of halogens is 1. The highest BCUT2D eigenvalue weighted by atomic mass is 35.5. The first-order valence-electron chi connectivity index (χ1n) is 5.19. The van der Waals surface area contributed by atoms with E-state index in [4.69, 9.17) is 11.8 Å². The topological polar surface area (TPSA) is 20.3 Å².